The van der Waals surface area contributed by atoms with Crippen LogP contribution in [-0.2, 0) is 29.2 Å². The monoisotopic (exact) mass is 522 g/mol. The summed E-state index contributed by atoms with van der Waals surface area (Å²) in [6.45, 7) is 0.187. The predicted octanol–water partition coefficient (Wildman–Crippen LogP) is 1.36. The molecule has 2 aromatic heterocycles. The van der Waals surface area contributed by atoms with Crippen LogP contribution < -0.4 is 10.9 Å². The van der Waals surface area contributed by atoms with E-state index >= 15 is 0 Å². The molecule has 0 aliphatic carbocycles. The van der Waals surface area contributed by atoms with Crippen LogP contribution in [0.25, 0.3) is 0 Å². The van der Waals surface area contributed by atoms with Crippen LogP contribution >= 0.6 is 0 Å². The molecule has 1 aliphatic rings. The first-order valence-corrected chi connectivity index (χ1v) is 12.0. The van der Waals surface area contributed by atoms with Crippen molar-refractivity contribution in [2.24, 2.45) is 0 Å². The van der Waals surface area contributed by atoms with Gasteiger partial charge >= 0.3 is 11.8 Å². The Morgan fingerprint density at radius 3 is 2.53 bits per heavy atom. The smallest absolute Gasteiger partial charge is 0.313 e. The van der Waals surface area contributed by atoms with Gasteiger partial charge in [-0.15, -0.1) is 0 Å². The minimum absolute atomic E-state index is 0.00367. The SMILES string of the molecule is CN(C)C(=O)C(=O)N(Cc1ccccn1)C1CCCn2c1nc(C(=O)NCc1ccc(F)cc1)c(O)c2=O. The number of pyridine rings is 1. The van der Waals surface area contributed by atoms with Crippen molar-refractivity contribution in [3.63, 3.8) is 0 Å². The maximum absolute atomic E-state index is 13.3. The third-order valence-corrected chi connectivity index (χ3v) is 6.20. The van der Waals surface area contributed by atoms with Gasteiger partial charge in [-0.2, -0.15) is 0 Å². The second-order valence-corrected chi connectivity index (χ2v) is 9.04. The molecular formula is C26H27FN6O5. The lowest BCUT2D eigenvalue weighted by atomic mass is 10.0. The maximum atomic E-state index is 13.3. The number of benzene rings is 1. The molecule has 198 valence electrons. The predicted molar refractivity (Wildman–Crippen MR) is 133 cm³/mol. The summed E-state index contributed by atoms with van der Waals surface area (Å²) in [5, 5.41) is 13.1. The van der Waals surface area contributed by atoms with Gasteiger partial charge in [0.15, 0.2) is 5.69 Å². The molecular weight excluding hydrogens is 495 g/mol. The summed E-state index contributed by atoms with van der Waals surface area (Å²) in [6.07, 6.45) is 2.40. The van der Waals surface area contributed by atoms with Gasteiger partial charge in [-0.1, -0.05) is 18.2 Å². The zero-order valence-electron chi connectivity index (χ0n) is 20.9. The topological polar surface area (TPSA) is 138 Å². The quantitative estimate of drug-likeness (QED) is 0.467. The Balaban J connectivity index is 1.71. The first-order chi connectivity index (χ1) is 18.2. The number of hydrogen-bond donors (Lipinski definition) is 2. The first-order valence-electron chi connectivity index (χ1n) is 12.0. The van der Waals surface area contributed by atoms with Crippen molar-refractivity contribution in [1.82, 2.24) is 29.7 Å². The Morgan fingerprint density at radius 1 is 1.13 bits per heavy atom. The van der Waals surface area contributed by atoms with Crippen molar-refractivity contribution >= 4 is 17.7 Å². The van der Waals surface area contributed by atoms with E-state index in [1.807, 2.05) is 0 Å². The number of carbonyl (C=O) groups excluding carboxylic acids is 3. The summed E-state index contributed by atoms with van der Waals surface area (Å²) < 4.78 is 14.4. The molecule has 0 fully saturated rings. The molecule has 3 amide bonds. The normalized spacial score (nSPS) is 14.3. The van der Waals surface area contributed by atoms with E-state index in [0.717, 1.165) is 4.90 Å². The average Bonchev–Trinajstić information content (AvgIpc) is 2.92. The van der Waals surface area contributed by atoms with Crippen LogP contribution in [0, 0.1) is 5.82 Å². The van der Waals surface area contributed by atoms with Gasteiger partial charge in [0.2, 0.25) is 5.75 Å². The van der Waals surface area contributed by atoms with E-state index in [2.05, 4.69) is 15.3 Å². The van der Waals surface area contributed by atoms with Gasteiger partial charge < -0.3 is 20.2 Å². The van der Waals surface area contributed by atoms with E-state index in [0.29, 0.717) is 24.1 Å². The third kappa shape index (κ3) is 5.53. The van der Waals surface area contributed by atoms with Crippen molar-refractivity contribution in [2.75, 3.05) is 14.1 Å². The largest absolute Gasteiger partial charge is 0.501 e. The van der Waals surface area contributed by atoms with Gasteiger partial charge in [-0.05, 0) is 42.7 Å². The lowest BCUT2D eigenvalue weighted by molar-refractivity contribution is -0.152. The molecule has 38 heavy (non-hydrogen) atoms. The second kappa shape index (κ2) is 11.2. The summed E-state index contributed by atoms with van der Waals surface area (Å²) in [5.41, 5.74) is -0.209. The number of rotatable bonds is 6. The molecule has 1 unspecified atom stereocenters. The van der Waals surface area contributed by atoms with Crippen LogP contribution in [0.3, 0.4) is 0 Å². The summed E-state index contributed by atoms with van der Waals surface area (Å²) in [7, 11) is 2.91. The molecule has 11 nitrogen and oxygen atoms in total. The Morgan fingerprint density at radius 2 is 1.87 bits per heavy atom. The van der Waals surface area contributed by atoms with Gasteiger partial charge in [0.05, 0.1) is 18.3 Å². The lowest BCUT2D eigenvalue weighted by Gasteiger charge is -2.35. The highest BCUT2D eigenvalue weighted by atomic mass is 19.1. The van der Waals surface area contributed by atoms with E-state index in [1.165, 1.54) is 47.8 Å². The molecule has 0 radical (unpaired) electrons. The number of nitrogens with zero attached hydrogens (tertiary/aromatic N) is 5. The molecule has 1 aromatic carbocycles. The minimum atomic E-state index is -0.834. The fourth-order valence-electron chi connectivity index (χ4n) is 4.23. The second-order valence-electron chi connectivity index (χ2n) is 9.04. The maximum Gasteiger partial charge on any atom is 0.313 e. The Bertz CT molecular complexity index is 1410. The number of aromatic nitrogens is 3. The van der Waals surface area contributed by atoms with Crippen molar-refractivity contribution in [3.05, 3.63) is 87.6 Å². The molecule has 1 aliphatic heterocycles. The van der Waals surface area contributed by atoms with Crippen molar-refractivity contribution in [3.8, 4) is 5.75 Å². The number of hydrogen-bond acceptors (Lipinski definition) is 7. The number of amides is 3. The van der Waals surface area contributed by atoms with E-state index in [-0.39, 0.29) is 25.5 Å². The molecule has 0 bridgehead atoms. The fourth-order valence-corrected chi connectivity index (χ4v) is 4.23. The van der Waals surface area contributed by atoms with Gasteiger partial charge in [0, 0.05) is 33.4 Å². The Hall–Kier alpha value is -4.61. The van der Waals surface area contributed by atoms with Gasteiger partial charge in [0.1, 0.15) is 11.6 Å². The van der Waals surface area contributed by atoms with E-state index in [1.54, 1.807) is 24.4 Å². The van der Waals surface area contributed by atoms with Crippen LogP contribution in [0.5, 0.6) is 5.75 Å². The summed E-state index contributed by atoms with van der Waals surface area (Å²) in [6, 6.07) is 9.81. The van der Waals surface area contributed by atoms with Crippen LogP contribution in [0.15, 0.2) is 53.5 Å². The number of carbonyl (C=O) groups is 3. The number of nitrogens with one attached hydrogen (secondary N) is 1. The molecule has 2 N–H and O–H groups in total. The summed E-state index contributed by atoms with van der Waals surface area (Å²) >= 11 is 0. The highest BCUT2D eigenvalue weighted by Gasteiger charge is 2.37. The molecule has 3 aromatic rings. The van der Waals surface area contributed by atoms with Gasteiger partial charge in [-0.3, -0.25) is 28.7 Å². The molecule has 0 saturated heterocycles. The van der Waals surface area contributed by atoms with Gasteiger partial charge in [0.25, 0.3) is 11.5 Å². The van der Waals surface area contributed by atoms with Gasteiger partial charge in [-0.25, -0.2) is 9.37 Å². The molecule has 0 saturated carbocycles. The zero-order chi connectivity index (χ0) is 27.4. The fraction of sp³-hybridized carbons (Fsp3) is 0.308. The Kier molecular flexibility index (Phi) is 7.79. The molecule has 4 rings (SSSR count). The molecule has 1 atom stereocenters. The molecule has 3 heterocycles. The number of aromatic hydroxyl groups is 1. The van der Waals surface area contributed by atoms with E-state index in [4.69, 9.17) is 0 Å². The lowest BCUT2D eigenvalue weighted by Crippen LogP contribution is -2.47. The highest BCUT2D eigenvalue weighted by molar-refractivity contribution is 6.34. The standard InChI is InChI=1S/C26H27FN6O5/c1-31(2)25(37)26(38)33(15-18-6-3-4-12-28-18)19-7-5-13-32-22(19)30-20(21(34)24(32)36)23(35)29-14-16-8-10-17(27)11-9-16/h3-4,6,8-12,19,34H,5,7,13-15H2,1-2H3,(H,29,35). The van der Waals surface area contributed by atoms with Crippen LogP contribution in [-0.4, -0.2) is 61.3 Å². The number of halogens is 1. The summed E-state index contributed by atoms with van der Waals surface area (Å²) in [5.74, 6) is -3.56. The number of likely N-dealkylation sites (N-methyl/N-ethyl adjacent to an activating group) is 1. The molecule has 12 heteroatoms. The summed E-state index contributed by atoms with van der Waals surface area (Å²) in [4.78, 5) is 63.0. The van der Waals surface area contributed by atoms with Crippen molar-refractivity contribution in [2.45, 2.75) is 38.5 Å². The number of fused-ring (bicyclic) bond motifs is 1. The van der Waals surface area contributed by atoms with Crippen LogP contribution in [0.1, 0.15) is 46.5 Å². The van der Waals surface area contributed by atoms with E-state index < -0.39 is 46.6 Å². The van der Waals surface area contributed by atoms with Crippen molar-refractivity contribution in [1.29, 1.82) is 0 Å². The van der Waals surface area contributed by atoms with Crippen molar-refractivity contribution < 1.29 is 23.9 Å². The van der Waals surface area contributed by atoms with Crippen LogP contribution in [0.4, 0.5) is 4.39 Å². The van der Waals surface area contributed by atoms with E-state index in [9.17, 15) is 28.7 Å². The Labute approximate surface area is 217 Å². The highest BCUT2D eigenvalue weighted by Crippen LogP contribution is 2.31. The molecule has 0 spiro atoms. The van der Waals surface area contributed by atoms with Crippen LogP contribution in [0.2, 0.25) is 0 Å². The third-order valence-electron chi connectivity index (χ3n) is 6.20. The average molecular weight is 523 g/mol. The first kappa shape index (κ1) is 26.5. The minimum Gasteiger partial charge on any atom is -0.501 e. The zero-order valence-corrected chi connectivity index (χ0v) is 20.9.